The molecule has 0 radical (unpaired) electrons. The summed E-state index contributed by atoms with van der Waals surface area (Å²) >= 11 is 1.54. The van der Waals surface area contributed by atoms with Crippen molar-refractivity contribution in [1.29, 1.82) is 0 Å². The summed E-state index contributed by atoms with van der Waals surface area (Å²) in [5.41, 5.74) is 1.42. The molecule has 3 aromatic rings. The highest BCUT2D eigenvalue weighted by atomic mass is 32.1. The number of hydrogen-bond donors (Lipinski definition) is 1. The highest BCUT2D eigenvalue weighted by Crippen LogP contribution is 2.40. The van der Waals surface area contributed by atoms with Crippen molar-refractivity contribution < 1.29 is 14.3 Å². The maximum absolute atomic E-state index is 12.2. The molecule has 0 saturated carbocycles. The number of benzene rings is 1. The summed E-state index contributed by atoms with van der Waals surface area (Å²) in [7, 11) is 0. The van der Waals surface area contributed by atoms with Gasteiger partial charge in [0, 0.05) is 43.4 Å². The van der Waals surface area contributed by atoms with E-state index in [0.717, 1.165) is 10.7 Å². The van der Waals surface area contributed by atoms with Gasteiger partial charge in [-0.2, -0.15) is 0 Å². The molecule has 1 aliphatic rings. The van der Waals surface area contributed by atoms with Gasteiger partial charge in [0.05, 0.1) is 12.1 Å². The number of anilines is 1. The molecule has 23 heavy (non-hydrogen) atoms. The van der Waals surface area contributed by atoms with Gasteiger partial charge in [-0.1, -0.05) is 0 Å². The topological polar surface area (TPSA) is 64.9 Å². The van der Waals surface area contributed by atoms with Gasteiger partial charge in [0.25, 0.3) is 0 Å². The zero-order valence-corrected chi connectivity index (χ0v) is 13.5. The second-order valence-corrected chi connectivity index (χ2v) is 6.69. The van der Waals surface area contributed by atoms with E-state index in [0.29, 0.717) is 17.2 Å². The second kappa shape index (κ2) is 4.99. The van der Waals surface area contributed by atoms with Crippen molar-refractivity contribution >= 4 is 27.9 Å². The number of thiazole rings is 1. The van der Waals surface area contributed by atoms with Crippen LogP contribution in [0.15, 0.2) is 36.0 Å². The normalized spacial score (nSPS) is 15.0. The molecule has 2 aromatic heterocycles. The van der Waals surface area contributed by atoms with E-state index >= 15 is 0 Å². The van der Waals surface area contributed by atoms with Gasteiger partial charge in [0.1, 0.15) is 0 Å². The number of carbonyl (C=O) groups excluding carboxylic acids is 1. The average molecular weight is 329 g/mol. The third kappa shape index (κ3) is 2.75. The average Bonchev–Trinajstić information content (AvgIpc) is 3.09. The first-order chi connectivity index (χ1) is 11.0. The van der Waals surface area contributed by atoms with Crippen LogP contribution in [0.25, 0.3) is 4.96 Å². The lowest BCUT2D eigenvalue weighted by Gasteiger charge is -2.16. The van der Waals surface area contributed by atoms with Crippen LogP contribution in [0, 0.1) is 0 Å². The van der Waals surface area contributed by atoms with Crippen LogP contribution < -0.4 is 14.8 Å². The molecule has 4 rings (SSSR count). The molecule has 0 bridgehead atoms. The maximum Gasteiger partial charge on any atom is 0.246 e. The minimum Gasteiger partial charge on any atom is -0.449 e. The van der Waals surface area contributed by atoms with Crippen LogP contribution in [0.4, 0.5) is 5.69 Å². The molecule has 7 heteroatoms. The molecule has 1 N–H and O–H groups in total. The molecule has 1 amide bonds. The van der Waals surface area contributed by atoms with Crippen molar-refractivity contribution in [1.82, 2.24) is 9.38 Å². The van der Waals surface area contributed by atoms with E-state index < -0.39 is 5.79 Å². The van der Waals surface area contributed by atoms with Gasteiger partial charge in [0.15, 0.2) is 16.5 Å². The number of ether oxygens (including phenoxy) is 2. The first-order valence-corrected chi connectivity index (χ1v) is 8.09. The van der Waals surface area contributed by atoms with E-state index in [2.05, 4.69) is 10.3 Å². The standard InChI is InChI=1S/C16H15N3O3S/c1-16(2)21-12-4-3-10(7-13(12)22-16)17-14(20)8-11-9-19-5-6-23-15(19)18-11/h3-7,9H,8H2,1-2H3,(H,17,20). The minimum absolute atomic E-state index is 0.117. The van der Waals surface area contributed by atoms with Gasteiger partial charge >= 0.3 is 0 Å². The summed E-state index contributed by atoms with van der Waals surface area (Å²) in [4.78, 5) is 17.5. The molecule has 3 heterocycles. The number of nitrogens with zero attached hydrogens (tertiary/aromatic N) is 2. The Morgan fingerprint density at radius 3 is 3.00 bits per heavy atom. The number of rotatable bonds is 3. The Bertz CT molecular complexity index is 869. The van der Waals surface area contributed by atoms with Crippen LogP contribution >= 0.6 is 11.3 Å². The number of hydrogen-bond acceptors (Lipinski definition) is 5. The zero-order valence-electron chi connectivity index (χ0n) is 12.7. The fourth-order valence-electron chi connectivity index (χ4n) is 2.53. The summed E-state index contributed by atoms with van der Waals surface area (Å²) in [6, 6.07) is 5.37. The third-order valence-electron chi connectivity index (χ3n) is 3.42. The van der Waals surface area contributed by atoms with E-state index in [4.69, 9.17) is 9.47 Å². The third-order valence-corrected chi connectivity index (χ3v) is 4.19. The molecular weight excluding hydrogens is 314 g/mol. The fourth-order valence-corrected chi connectivity index (χ4v) is 3.25. The lowest BCUT2D eigenvalue weighted by atomic mass is 10.2. The van der Waals surface area contributed by atoms with E-state index in [-0.39, 0.29) is 12.3 Å². The zero-order chi connectivity index (χ0) is 16.0. The van der Waals surface area contributed by atoms with Gasteiger partial charge in [-0.15, -0.1) is 11.3 Å². The van der Waals surface area contributed by atoms with Crippen LogP contribution in [-0.4, -0.2) is 21.1 Å². The number of carbonyl (C=O) groups is 1. The summed E-state index contributed by atoms with van der Waals surface area (Å²) in [6.07, 6.45) is 4.02. The Hall–Kier alpha value is -2.54. The lowest BCUT2D eigenvalue weighted by molar-refractivity contribution is -0.115. The summed E-state index contributed by atoms with van der Waals surface area (Å²) in [6.45, 7) is 3.69. The molecule has 0 atom stereocenters. The van der Waals surface area contributed by atoms with Gasteiger partial charge < -0.3 is 14.8 Å². The van der Waals surface area contributed by atoms with Crippen molar-refractivity contribution in [2.24, 2.45) is 0 Å². The van der Waals surface area contributed by atoms with Crippen molar-refractivity contribution in [3.05, 3.63) is 41.7 Å². The summed E-state index contributed by atoms with van der Waals surface area (Å²) < 4.78 is 13.2. The van der Waals surface area contributed by atoms with Crippen molar-refractivity contribution in [3.8, 4) is 11.5 Å². The van der Waals surface area contributed by atoms with Gasteiger partial charge in [0.2, 0.25) is 11.7 Å². The van der Waals surface area contributed by atoms with Crippen molar-refractivity contribution in [2.75, 3.05) is 5.32 Å². The number of fused-ring (bicyclic) bond motifs is 2. The van der Waals surface area contributed by atoms with Gasteiger partial charge in [-0.3, -0.25) is 9.20 Å². The van der Waals surface area contributed by atoms with Crippen LogP contribution in [0.1, 0.15) is 19.5 Å². The lowest BCUT2D eigenvalue weighted by Crippen LogP contribution is -2.29. The fraction of sp³-hybridized carbons (Fsp3) is 0.250. The SMILES string of the molecule is CC1(C)Oc2ccc(NC(=O)Cc3cn4ccsc4n3)cc2O1. The predicted molar refractivity (Wildman–Crippen MR) is 87.2 cm³/mol. The van der Waals surface area contributed by atoms with Crippen molar-refractivity contribution in [2.45, 2.75) is 26.1 Å². The van der Waals surface area contributed by atoms with Crippen LogP contribution in [0.3, 0.4) is 0 Å². The van der Waals surface area contributed by atoms with Gasteiger partial charge in [-0.05, 0) is 12.1 Å². The Balaban J connectivity index is 1.46. The number of imidazole rings is 1. The Kier molecular flexibility index (Phi) is 3.05. The van der Waals surface area contributed by atoms with E-state index in [1.54, 1.807) is 29.5 Å². The molecule has 0 aliphatic carbocycles. The smallest absolute Gasteiger partial charge is 0.246 e. The molecule has 0 fully saturated rings. The molecule has 6 nitrogen and oxygen atoms in total. The Labute approximate surface area is 136 Å². The molecule has 1 aromatic carbocycles. The van der Waals surface area contributed by atoms with Crippen LogP contribution in [-0.2, 0) is 11.2 Å². The Morgan fingerprint density at radius 2 is 2.17 bits per heavy atom. The molecular formula is C16H15N3O3S. The number of aromatic nitrogens is 2. The largest absolute Gasteiger partial charge is 0.449 e. The molecule has 118 valence electrons. The molecule has 0 saturated heterocycles. The highest BCUT2D eigenvalue weighted by molar-refractivity contribution is 7.15. The number of nitrogens with one attached hydrogen (secondary N) is 1. The van der Waals surface area contributed by atoms with Crippen LogP contribution in [0.2, 0.25) is 0 Å². The minimum atomic E-state index is -0.673. The summed E-state index contributed by atoms with van der Waals surface area (Å²) in [5, 5.41) is 4.82. The highest BCUT2D eigenvalue weighted by Gasteiger charge is 2.31. The molecule has 1 aliphatic heterocycles. The molecule has 0 spiro atoms. The van der Waals surface area contributed by atoms with E-state index in [1.807, 2.05) is 36.0 Å². The maximum atomic E-state index is 12.2. The first-order valence-electron chi connectivity index (χ1n) is 7.21. The second-order valence-electron chi connectivity index (χ2n) is 5.82. The Morgan fingerprint density at radius 1 is 1.35 bits per heavy atom. The first kappa shape index (κ1) is 14.1. The van der Waals surface area contributed by atoms with Crippen LogP contribution in [0.5, 0.6) is 11.5 Å². The summed E-state index contributed by atoms with van der Waals surface area (Å²) in [5.74, 6) is 0.527. The monoisotopic (exact) mass is 329 g/mol. The predicted octanol–water partition coefficient (Wildman–Crippen LogP) is 3.08. The van der Waals surface area contributed by atoms with E-state index in [9.17, 15) is 4.79 Å². The molecule has 0 unspecified atom stereocenters. The van der Waals surface area contributed by atoms with Gasteiger partial charge in [-0.25, -0.2) is 4.98 Å². The quantitative estimate of drug-likeness (QED) is 0.802. The number of amides is 1. The van der Waals surface area contributed by atoms with Crippen molar-refractivity contribution in [3.63, 3.8) is 0 Å². The van der Waals surface area contributed by atoms with E-state index in [1.165, 1.54) is 0 Å².